The molecule has 17 heavy (non-hydrogen) atoms. The summed E-state index contributed by atoms with van der Waals surface area (Å²) in [5.74, 6) is 2.75. The quantitative estimate of drug-likeness (QED) is 0.824. The summed E-state index contributed by atoms with van der Waals surface area (Å²) in [6.07, 6.45) is 2.59. The summed E-state index contributed by atoms with van der Waals surface area (Å²) >= 11 is 0. The molecule has 0 saturated heterocycles. The Hall–Kier alpha value is -1.22. The molecule has 1 saturated carbocycles. The zero-order valence-electron chi connectivity index (χ0n) is 10.6. The number of benzene rings is 1. The zero-order chi connectivity index (χ0) is 12.3. The van der Waals surface area contributed by atoms with Gasteiger partial charge in [0, 0.05) is 0 Å². The highest BCUT2D eigenvalue weighted by Gasteiger charge is 2.22. The normalized spacial score (nSPS) is 16.6. The Bertz CT molecular complexity index is 374. The number of ether oxygens (including phenoxy) is 2. The fourth-order valence-electron chi connectivity index (χ4n) is 1.74. The summed E-state index contributed by atoms with van der Waals surface area (Å²) < 4.78 is 11.1. The van der Waals surface area contributed by atoms with Gasteiger partial charge in [-0.15, -0.1) is 0 Å². The topological polar surface area (TPSA) is 44.5 Å². The molecule has 1 atom stereocenters. The summed E-state index contributed by atoms with van der Waals surface area (Å²) in [4.78, 5) is 0. The molecule has 1 unspecified atom stereocenters. The molecule has 1 fully saturated rings. The Morgan fingerprint density at radius 2 is 2.12 bits per heavy atom. The van der Waals surface area contributed by atoms with Gasteiger partial charge in [-0.2, -0.15) is 0 Å². The Morgan fingerprint density at radius 1 is 1.35 bits per heavy atom. The molecule has 0 spiro atoms. The molecule has 0 heterocycles. The Kier molecular flexibility index (Phi) is 3.89. The molecule has 94 valence electrons. The summed E-state index contributed by atoms with van der Waals surface area (Å²) in [6.45, 7) is 3.57. The molecule has 1 aromatic carbocycles. The predicted octanol–water partition coefficient (Wildman–Crippen LogP) is 2.55. The molecule has 0 aromatic heterocycles. The van der Waals surface area contributed by atoms with Gasteiger partial charge in [0.1, 0.15) is 0 Å². The van der Waals surface area contributed by atoms with E-state index in [1.807, 2.05) is 6.07 Å². The highest BCUT2D eigenvalue weighted by atomic mass is 16.5. The van der Waals surface area contributed by atoms with Crippen LogP contribution in [0.1, 0.15) is 31.2 Å². The molecule has 3 nitrogen and oxygen atoms in total. The van der Waals surface area contributed by atoms with Gasteiger partial charge in [-0.1, -0.05) is 13.0 Å². The van der Waals surface area contributed by atoms with Crippen LogP contribution in [0.2, 0.25) is 0 Å². The average molecular weight is 235 g/mol. The van der Waals surface area contributed by atoms with Gasteiger partial charge >= 0.3 is 0 Å². The second kappa shape index (κ2) is 5.41. The monoisotopic (exact) mass is 235 g/mol. The largest absolute Gasteiger partial charge is 0.493 e. The third kappa shape index (κ3) is 3.13. The highest BCUT2D eigenvalue weighted by molar-refractivity contribution is 5.44. The van der Waals surface area contributed by atoms with Crippen molar-refractivity contribution in [2.45, 2.75) is 25.7 Å². The molecule has 0 aliphatic heterocycles. The van der Waals surface area contributed by atoms with Gasteiger partial charge < -0.3 is 15.2 Å². The zero-order valence-corrected chi connectivity index (χ0v) is 10.6. The third-order valence-electron chi connectivity index (χ3n) is 3.28. The SMILES string of the molecule is COc1ccc(C(C)CN)cc1OCC1CC1. The average Bonchev–Trinajstić information content (AvgIpc) is 3.19. The molecule has 1 aromatic rings. The number of hydrogen-bond acceptors (Lipinski definition) is 3. The molecule has 0 amide bonds. The lowest BCUT2D eigenvalue weighted by molar-refractivity contribution is 0.280. The lowest BCUT2D eigenvalue weighted by atomic mass is 10.0. The second-order valence-electron chi connectivity index (χ2n) is 4.80. The van der Waals surface area contributed by atoms with E-state index < -0.39 is 0 Å². The first kappa shape index (κ1) is 12.2. The first-order chi connectivity index (χ1) is 8.24. The maximum atomic E-state index is 5.82. The van der Waals surface area contributed by atoms with Gasteiger partial charge in [0.05, 0.1) is 13.7 Å². The molecule has 1 aliphatic rings. The minimum atomic E-state index is 0.351. The molecular weight excluding hydrogens is 214 g/mol. The van der Waals surface area contributed by atoms with Crippen LogP contribution in [0.4, 0.5) is 0 Å². The summed E-state index contributed by atoms with van der Waals surface area (Å²) in [5, 5.41) is 0. The van der Waals surface area contributed by atoms with E-state index in [-0.39, 0.29) is 0 Å². The van der Waals surface area contributed by atoms with E-state index in [0.29, 0.717) is 12.5 Å². The fourth-order valence-corrected chi connectivity index (χ4v) is 1.74. The fraction of sp³-hybridized carbons (Fsp3) is 0.571. The summed E-state index contributed by atoms with van der Waals surface area (Å²) in [6, 6.07) is 6.07. The molecular formula is C14H21NO2. The van der Waals surface area contributed by atoms with Crippen LogP contribution in [0.25, 0.3) is 0 Å². The van der Waals surface area contributed by atoms with Gasteiger partial charge in [0.2, 0.25) is 0 Å². The second-order valence-corrected chi connectivity index (χ2v) is 4.80. The van der Waals surface area contributed by atoms with Gasteiger partial charge in [0.25, 0.3) is 0 Å². The van der Waals surface area contributed by atoms with Crippen LogP contribution >= 0.6 is 0 Å². The van der Waals surface area contributed by atoms with E-state index in [1.165, 1.54) is 18.4 Å². The van der Waals surface area contributed by atoms with Crippen LogP contribution in [-0.4, -0.2) is 20.3 Å². The van der Waals surface area contributed by atoms with Crippen molar-refractivity contribution in [3.8, 4) is 11.5 Å². The van der Waals surface area contributed by atoms with Gasteiger partial charge in [0.15, 0.2) is 11.5 Å². The van der Waals surface area contributed by atoms with Crippen molar-refractivity contribution in [3.63, 3.8) is 0 Å². The van der Waals surface area contributed by atoms with E-state index in [1.54, 1.807) is 7.11 Å². The maximum absolute atomic E-state index is 5.82. The van der Waals surface area contributed by atoms with E-state index >= 15 is 0 Å². The third-order valence-corrected chi connectivity index (χ3v) is 3.28. The van der Waals surface area contributed by atoms with Crippen molar-refractivity contribution >= 4 is 0 Å². The van der Waals surface area contributed by atoms with Crippen molar-refractivity contribution in [1.29, 1.82) is 0 Å². The number of hydrogen-bond donors (Lipinski definition) is 1. The van der Waals surface area contributed by atoms with E-state index in [4.69, 9.17) is 15.2 Å². The Labute approximate surface area is 103 Å². The van der Waals surface area contributed by atoms with E-state index in [9.17, 15) is 0 Å². The lowest BCUT2D eigenvalue weighted by Gasteiger charge is -2.14. The highest BCUT2D eigenvalue weighted by Crippen LogP contribution is 2.34. The Morgan fingerprint density at radius 3 is 2.71 bits per heavy atom. The van der Waals surface area contributed by atoms with Gasteiger partial charge in [-0.3, -0.25) is 0 Å². The first-order valence-corrected chi connectivity index (χ1v) is 6.25. The standard InChI is InChI=1S/C14H21NO2/c1-10(8-15)12-5-6-13(16-2)14(7-12)17-9-11-3-4-11/h5-7,10-11H,3-4,8-9,15H2,1-2H3. The van der Waals surface area contributed by atoms with Crippen molar-refractivity contribution in [2.75, 3.05) is 20.3 Å². The van der Waals surface area contributed by atoms with Gasteiger partial charge in [-0.05, 0) is 48.9 Å². The van der Waals surface area contributed by atoms with Crippen molar-refractivity contribution in [2.24, 2.45) is 11.7 Å². The van der Waals surface area contributed by atoms with Crippen molar-refractivity contribution in [1.82, 2.24) is 0 Å². The van der Waals surface area contributed by atoms with Crippen LogP contribution in [0, 0.1) is 5.92 Å². The number of rotatable bonds is 6. The number of nitrogens with two attached hydrogens (primary N) is 1. The number of methoxy groups -OCH3 is 1. The minimum absolute atomic E-state index is 0.351. The molecule has 3 heteroatoms. The molecule has 0 radical (unpaired) electrons. The molecule has 2 N–H and O–H groups in total. The van der Waals surface area contributed by atoms with E-state index in [0.717, 1.165) is 24.0 Å². The maximum Gasteiger partial charge on any atom is 0.161 e. The van der Waals surface area contributed by atoms with Crippen LogP contribution in [0.15, 0.2) is 18.2 Å². The lowest BCUT2D eigenvalue weighted by Crippen LogP contribution is -2.09. The summed E-state index contributed by atoms with van der Waals surface area (Å²) in [5.41, 5.74) is 6.89. The predicted molar refractivity (Wildman–Crippen MR) is 68.7 cm³/mol. The van der Waals surface area contributed by atoms with Crippen molar-refractivity contribution in [3.05, 3.63) is 23.8 Å². The molecule has 1 aliphatic carbocycles. The van der Waals surface area contributed by atoms with Crippen LogP contribution in [0.3, 0.4) is 0 Å². The first-order valence-electron chi connectivity index (χ1n) is 6.25. The summed E-state index contributed by atoms with van der Waals surface area (Å²) in [7, 11) is 1.67. The van der Waals surface area contributed by atoms with E-state index in [2.05, 4.69) is 19.1 Å². The van der Waals surface area contributed by atoms with Gasteiger partial charge in [-0.25, -0.2) is 0 Å². The Balaban J connectivity index is 2.12. The minimum Gasteiger partial charge on any atom is -0.493 e. The van der Waals surface area contributed by atoms with Crippen LogP contribution < -0.4 is 15.2 Å². The van der Waals surface area contributed by atoms with Crippen molar-refractivity contribution < 1.29 is 9.47 Å². The van der Waals surface area contributed by atoms with Crippen LogP contribution in [0.5, 0.6) is 11.5 Å². The van der Waals surface area contributed by atoms with Crippen LogP contribution in [-0.2, 0) is 0 Å². The molecule has 0 bridgehead atoms. The molecule has 2 rings (SSSR count). The smallest absolute Gasteiger partial charge is 0.161 e.